The summed E-state index contributed by atoms with van der Waals surface area (Å²) in [6.07, 6.45) is 0. The van der Waals surface area contributed by atoms with Crippen molar-refractivity contribution in [3.8, 4) is 0 Å². The van der Waals surface area contributed by atoms with Gasteiger partial charge in [0.2, 0.25) is 0 Å². The summed E-state index contributed by atoms with van der Waals surface area (Å²) in [6.45, 7) is 15.9. The van der Waals surface area contributed by atoms with Crippen LogP contribution < -0.4 is 20.4 Å². The van der Waals surface area contributed by atoms with E-state index in [-0.39, 0.29) is 26.2 Å². The van der Waals surface area contributed by atoms with Crippen LogP contribution in [-0.4, -0.2) is 125 Å². The molecule has 0 aliphatic rings. The topological polar surface area (TPSA) is 105 Å². The molecule has 8 nitrogen and oxygen atoms in total. The van der Waals surface area contributed by atoms with Crippen LogP contribution in [0.25, 0.3) is 0 Å². The van der Waals surface area contributed by atoms with Gasteiger partial charge in [-0.3, -0.25) is 0 Å². The minimum atomic E-state index is -0.802. The summed E-state index contributed by atoms with van der Waals surface area (Å²) in [5.41, 5.74) is -3.21. The summed E-state index contributed by atoms with van der Waals surface area (Å²) >= 11 is 0. The summed E-state index contributed by atoms with van der Waals surface area (Å²) in [6, 6.07) is 0. The van der Waals surface area contributed by atoms with E-state index in [2.05, 4.69) is 0 Å². The third-order valence-electron chi connectivity index (χ3n) is 2.79. The van der Waals surface area contributed by atoms with Crippen LogP contribution >= 0.6 is 0 Å². The zero-order valence-corrected chi connectivity index (χ0v) is 27.2. The fourth-order valence-corrected chi connectivity index (χ4v) is 3.05. The standard InChI is InChI=1S/4C6H14NO.Zr/c4*1-6(2,8)5-7(3)4;/h4*5H2,1-4H3;/q4*-1;+4. The van der Waals surface area contributed by atoms with Crippen molar-refractivity contribution in [2.24, 2.45) is 0 Å². The first kappa shape index (κ1) is 43.6. The van der Waals surface area contributed by atoms with Gasteiger partial charge in [0, 0.05) is 0 Å². The van der Waals surface area contributed by atoms with Crippen LogP contribution in [0.3, 0.4) is 0 Å². The molecule has 0 N–H and O–H groups in total. The summed E-state index contributed by atoms with van der Waals surface area (Å²) in [7, 11) is 15.2. The van der Waals surface area contributed by atoms with E-state index in [1.54, 1.807) is 55.4 Å². The second-order valence-corrected chi connectivity index (χ2v) is 12.0. The average molecular weight is 556 g/mol. The predicted molar refractivity (Wildman–Crippen MR) is 131 cm³/mol. The summed E-state index contributed by atoms with van der Waals surface area (Å²) in [4.78, 5) is 7.58. The molecule has 0 aromatic heterocycles. The van der Waals surface area contributed by atoms with Gasteiger partial charge in [-0.15, -0.1) is 22.4 Å². The van der Waals surface area contributed by atoms with Crippen LogP contribution in [-0.2, 0) is 26.2 Å². The van der Waals surface area contributed by atoms with Crippen LogP contribution in [0.15, 0.2) is 0 Å². The molecule has 0 saturated heterocycles. The number of hydrogen-bond donors (Lipinski definition) is 0. The number of rotatable bonds is 8. The Bertz CT molecular complexity index is 340. The van der Waals surface area contributed by atoms with Crippen LogP contribution in [0.1, 0.15) is 55.4 Å². The molecule has 0 aromatic rings. The van der Waals surface area contributed by atoms with E-state index < -0.39 is 22.4 Å². The van der Waals surface area contributed by atoms with Crippen molar-refractivity contribution in [3.63, 3.8) is 0 Å². The van der Waals surface area contributed by atoms with E-state index in [0.29, 0.717) is 26.2 Å². The van der Waals surface area contributed by atoms with Gasteiger partial charge in [0.15, 0.2) is 0 Å². The Kier molecular flexibility index (Phi) is 26.1. The molecule has 0 rings (SSSR count). The maximum Gasteiger partial charge on any atom is 4.00 e. The molecular weight excluding hydrogens is 500 g/mol. The fourth-order valence-electron chi connectivity index (χ4n) is 3.05. The molecule has 0 heterocycles. The van der Waals surface area contributed by atoms with Crippen molar-refractivity contribution in [3.05, 3.63) is 0 Å². The van der Waals surface area contributed by atoms with E-state index in [9.17, 15) is 20.4 Å². The average Bonchev–Trinajstić information content (AvgIpc) is 2.26. The number of nitrogens with zero attached hydrogens (tertiary/aromatic N) is 4. The molecule has 0 unspecified atom stereocenters. The van der Waals surface area contributed by atoms with E-state index in [1.165, 1.54) is 0 Å². The molecule has 33 heavy (non-hydrogen) atoms. The molecule has 0 spiro atoms. The third kappa shape index (κ3) is 71.9. The van der Waals surface area contributed by atoms with Gasteiger partial charge in [0.25, 0.3) is 0 Å². The second-order valence-electron chi connectivity index (χ2n) is 12.0. The summed E-state index contributed by atoms with van der Waals surface area (Å²) in [5, 5.41) is 43.5. The van der Waals surface area contributed by atoms with Crippen LogP contribution in [0.5, 0.6) is 0 Å². The third-order valence-corrected chi connectivity index (χ3v) is 2.79. The smallest absolute Gasteiger partial charge is 0.849 e. The Hall–Kier alpha value is 0.563. The van der Waals surface area contributed by atoms with Gasteiger partial charge in [-0.2, -0.15) is 0 Å². The van der Waals surface area contributed by atoms with E-state index >= 15 is 0 Å². The molecular formula is C24H56N4O4Zr. The van der Waals surface area contributed by atoms with Gasteiger partial charge in [-0.1, -0.05) is 55.4 Å². The van der Waals surface area contributed by atoms with Gasteiger partial charge in [-0.25, -0.2) is 0 Å². The Morgan fingerprint density at radius 3 is 0.455 bits per heavy atom. The van der Waals surface area contributed by atoms with E-state index in [4.69, 9.17) is 0 Å². The second kappa shape index (κ2) is 19.7. The van der Waals surface area contributed by atoms with Gasteiger partial charge in [0.05, 0.1) is 0 Å². The first-order valence-corrected chi connectivity index (χ1v) is 11.1. The minimum Gasteiger partial charge on any atom is -0.849 e. The Morgan fingerprint density at radius 2 is 0.455 bits per heavy atom. The maximum atomic E-state index is 10.9. The molecule has 0 aliphatic heterocycles. The molecule has 0 radical (unpaired) electrons. The first-order valence-electron chi connectivity index (χ1n) is 11.1. The van der Waals surface area contributed by atoms with Crippen LogP contribution in [0, 0.1) is 0 Å². The molecule has 0 amide bonds. The van der Waals surface area contributed by atoms with Crippen molar-refractivity contribution in [1.82, 2.24) is 19.6 Å². The maximum absolute atomic E-state index is 10.9. The van der Waals surface area contributed by atoms with Crippen molar-refractivity contribution in [1.29, 1.82) is 0 Å². The Labute approximate surface area is 226 Å². The molecule has 0 aromatic carbocycles. The Balaban J connectivity index is -0.000000105. The van der Waals surface area contributed by atoms with Crippen molar-refractivity contribution in [2.75, 3.05) is 82.6 Å². The first-order chi connectivity index (χ1) is 13.7. The molecule has 0 aliphatic carbocycles. The van der Waals surface area contributed by atoms with Gasteiger partial charge in [-0.05, 0) is 82.6 Å². The summed E-state index contributed by atoms with van der Waals surface area (Å²) in [5.74, 6) is 0. The molecule has 0 fully saturated rings. The zero-order valence-electron chi connectivity index (χ0n) is 24.8. The largest absolute Gasteiger partial charge is 4.00 e. The van der Waals surface area contributed by atoms with Gasteiger partial charge in [0.1, 0.15) is 0 Å². The van der Waals surface area contributed by atoms with Crippen molar-refractivity contribution < 1.29 is 46.6 Å². The fraction of sp³-hybridized carbons (Fsp3) is 1.00. The molecule has 0 bridgehead atoms. The minimum absolute atomic E-state index is 0. The molecule has 200 valence electrons. The van der Waals surface area contributed by atoms with Crippen molar-refractivity contribution >= 4 is 0 Å². The van der Waals surface area contributed by atoms with Crippen LogP contribution in [0.4, 0.5) is 0 Å². The molecule has 0 saturated carbocycles. The normalized spacial score (nSPS) is 12.4. The SMILES string of the molecule is CN(C)CC(C)(C)[O-].CN(C)CC(C)(C)[O-].CN(C)CC(C)(C)[O-].CN(C)CC(C)(C)[O-].[Zr+4]. The molecule has 0 atom stereocenters. The van der Waals surface area contributed by atoms with E-state index in [0.717, 1.165) is 0 Å². The number of hydrogen-bond acceptors (Lipinski definition) is 8. The summed E-state index contributed by atoms with van der Waals surface area (Å²) < 4.78 is 0. The monoisotopic (exact) mass is 554 g/mol. The zero-order chi connectivity index (χ0) is 27.1. The van der Waals surface area contributed by atoms with E-state index in [1.807, 2.05) is 76.0 Å². The quantitative estimate of drug-likeness (QED) is 0.366. The van der Waals surface area contributed by atoms with Gasteiger partial charge < -0.3 is 40.0 Å². The van der Waals surface area contributed by atoms with Crippen molar-refractivity contribution in [2.45, 2.75) is 77.8 Å². The Morgan fingerprint density at radius 1 is 0.364 bits per heavy atom. The van der Waals surface area contributed by atoms with Crippen LogP contribution in [0.2, 0.25) is 0 Å². The number of likely N-dealkylation sites (N-methyl/N-ethyl adjacent to an activating group) is 4. The van der Waals surface area contributed by atoms with Gasteiger partial charge >= 0.3 is 26.2 Å². The predicted octanol–water partition coefficient (Wildman–Crippen LogP) is -1.25. The molecule has 9 heteroatoms.